The Morgan fingerprint density at radius 1 is 0.667 bits per heavy atom. The molecular weight excluding hydrogens is 288 g/mol. The van der Waals surface area contributed by atoms with Gasteiger partial charge in [-0.15, -0.1) is 0 Å². The molecule has 2 aliphatic rings. The normalized spacial score (nSPS) is 17.8. The van der Waals surface area contributed by atoms with Crippen molar-refractivity contribution >= 4 is 12.2 Å². The van der Waals surface area contributed by atoms with E-state index in [4.69, 9.17) is 0 Å². The van der Waals surface area contributed by atoms with Crippen LogP contribution >= 0.6 is 0 Å². The number of benzene rings is 3. The van der Waals surface area contributed by atoms with Crippen LogP contribution in [0.2, 0.25) is 0 Å². The van der Waals surface area contributed by atoms with Crippen LogP contribution in [0.3, 0.4) is 0 Å². The summed E-state index contributed by atoms with van der Waals surface area (Å²) in [6, 6.07) is 24.6. The zero-order valence-corrected chi connectivity index (χ0v) is 13.7. The van der Waals surface area contributed by atoms with E-state index in [0.717, 1.165) is 6.42 Å². The van der Waals surface area contributed by atoms with Gasteiger partial charge in [0, 0.05) is 5.92 Å². The van der Waals surface area contributed by atoms with Gasteiger partial charge in [-0.3, -0.25) is 0 Å². The third-order valence-electron chi connectivity index (χ3n) is 5.51. The SMILES string of the molecule is C1=c2ccc3c(c2=CCC1)CC(c1ccccc1)c1ccccc1-3. The van der Waals surface area contributed by atoms with Crippen molar-refractivity contribution in [1.82, 2.24) is 0 Å². The van der Waals surface area contributed by atoms with Gasteiger partial charge in [0.1, 0.15) is 0 Å². The molecule has 1 atom stereocenters. The quantitative estimate of drug-likeness (QED) is 0.625. The molecule has 0 spiro atoms. The molecular formula is C24H20. The molecule has 3 aromatic rings. The molecule has 0 heterocycles. The van der Waals surface area contributed by atoms with Gasteiger partial charge >= 0.3 is 0 Å². The third kappa shape index (κ3) is 2.06. The number of hydrogen-bond donors (Lipinski definition) is 0. The predicted octanol–water partition coefficient (Wildman–Crippen LogP) is 4.40. The van der Waals surface area contributed by atoms with E-state index in [1.165, 1.54) is 51.1 Å². The Morgan fingerprint density at radius 3 is 2.38 bits per heavy atom. The van der Waals surface area contributed by atoms with Crippen LogP contribution in [0.15, 0.2) is 66.7 Å². The first kappa shape index (κ1) is 13.8. The lowest BCUT2D eigenvalue weighted by atomic mass is 9.74. The summed E-state index contributed by atoms with van der Waals surface area (Å²) in [5, 5.41) is 2.90. The monoisotopic (exact) mass is 308 g/mol. The first-order chi connectivity index (χ1) is 11.9. The summed E-state index contributed by atoms with van der Waals surface area (Å²) in [6.07, 6.45) is 8.28. The highest BCUT2D eigenvalue weighted by atomic mass is 14.3. The van der Waals surface area contributed by atoms with E-state index in [0.29, 0.717) is 5.92 Å². The third-order valence-corrected chi connectivity index (χ3v) is 5.51. The standard InChI is InChI=1S/C24H20/c1-2-8-17(9-3-1)23-16-24-19-11-5-4-10-18(19)14-15-22(24)20-12-6-7-13-21(20)23/h1-3,6-15,23H,4-5,16H2. The van der Waals surface area contributed by atoms with Crippen LogP contribution in [-0.4, -0.2) is 0 Å². The van der Waals surface area contributed by atoms with Crippen LogP contribution in [-0.2, 0) is 6.42 Å². The van der Waals surface area contributed by atoms with Crippen LogP contribution in [0, 0.1) is 0 Å². The van der Waals surface area contributed by atoms with E-state index >= 15 is 0 Å². The molecule has 0 N–H and O–H groups in total. The molecule has 1 unspecified atom stereocenters. The molecule has 2 aliphatic carbocycles. The summed E-state index contributed by atoms with van der Waals surface area (Å²) in [5.41, 5.74) is 7.28. The zero-order chi connectivity index (χ0) is 15.9. The zero-order valence-electron chi connectivity index (χ0n) is 13.7. The number of hydrogen-bond acceptors (Lipinski definition) is 0. The fourth-order valence-corrected chi connectivity index (χ4v) is 4.38. The summed E-state index contributed by atoms with van der Waals surface area (Å²) in [4.78, 5) is 0. The van der Waals surface area contributed by atoms with E-state index in [1.54, 1.807) is 0 Å². The highest BCUT2D eigenvalue weighted by Crippen LogP contribution is 2.41. The van der Waals surface area contributed by atoms with Crippen molar-refractivity contribution in [3.63, 3.8) is 0 Å². The molecule has 5 rings (SSSR count). The lowest BCUT2D eigenvalue weighted by molar-refractivity contribution is 0.787. The molecule has 116 valence electrons. The van der Waals surface area contributed by atoms with Crippen molar-refractivity contribution in [2.75, 3.05) is 0 Å². The van der Waals surface area contributed by atoms with Crippen LogP contribution in [0.1, 0.15) is 35.4 Å². The summed E-state index contributed by atoms with van der Waals surface area (Å²) >= 11 is 0. The molecule has 0 aliphatic heterocycles. The highest BCUT2D eigenvalue weighted by Gasteiger charge is 2.26. The molecule has 0 nitrogen and oxygen atoms in total. The Labute approximate surface area is 142 Å². The molecule has 0 aromatic heterocycles. The van der Waals surface area contributed by atoms with Crippen molar-refractivity contribution in [2.45, 2.75) is 25.2 Å². The molecule has 0 fully saturated rings. The fourth-order valence-electron chi connectivity index (χ4n) is 4.38. The van der Waals surface area contributed by atoms with Gasteiger partial charge in [0.2, 0.25) is 0 Å². The van der Waals surface area contributed by atoms with Gasteiger partial charge in [0.15, 0.2) is 0 Å². The molecule has 24 heavy (non-hydrogen) atoms. The van der Waals surface area contributed by atoms with Crippen molar-refractivity contribution in [1.29, 1.82) is 0 Å². The van der Waals surface area contributed by atoms with Crippen molar-refractivity contribution < 1.29 is 0 Å². The minimum atomic E-state index is 0.455. The van der Waals surface area contributed by atoms with Gasteiger partial charge in [-0.25, -0.2) is 0 Å². The van der Waals surface area contributed by atoms with E-state index in [9.17, 15) is 0 Å². The molecule has 0 saturated heterocycles. The Morgan fingerprint density at radius 2 is 1.46 bits per heavy atom. The van der Waals surface area contributed by atoms with Gasteiger partial charge in [-0.1, -0.05) is 78.9 Å². The van der Waals surface area contributed by atoms with Crippen LogP contribution in [0.5, 0.6) is 0 Å². The number of fused-ring (bicyclic) bond motifs is 5. The van der Waals surface area contributed by atoms with Crippen LogP contribution in [0.25, 0.3) is 23.3 Å². The van der Waals surface area contributed by atoms with Gasteiger partial charge in [0.05, 0.1) is 0 Å². The van der Waals surface area contributed by atoms with Crippen molar-refractivity contribution in [3.05, 3.63) is 93.9 Å². The maximum Gasteiger partial charge on any atom is 0.0136 e. The largest absolute Gasteiger partial charge is 0.0764 e. The second-order valence-corrected chi connectivity index (χ2v) is 6.83. The summed E-state index contributed by atoms with van der Waals surface area (Å²) in [5.74, 6) is 0.455. The lowest BCUT2D eigenvalue weighted by Gasteiger charge is -2.29. The van der Waals surface area contributed by atoms with Crippen molar-refractivity contribution in [2.24, 2.45) is 0 Å². The minimum Gasteiger partial charge on any atom is -0.0764 e. The van der Waals surface area contributed by atoms with Gasteiger partial charge < -0.3 is 0 Å². The molecule has 0 amide bonds. The average molecular weight is 308 g/mol. The molecule has 3 aromatic carbocycles. The molecule has 0 bridgehead atoms. The topological polar surface area (TPSA) is 0 Å². The average Bonchev–Trinajstić information content (AvgIpc) is 2.67. The minimum absolute atomic E-state index is 0.455. The predicted molar refractivity (Wildman–Crippen MR) is 101 cm³/mol. The van der Waals surface area contributed by atoms with Gasteiger partial charge in [0.25, 0.3) is 0 Å². The second-order valence-electron chi connectivity index (χ2n) is 6.83. The van der Waals surface area contributed by atoms with Crippen molar-refractivity contribution in [3.8, 4) is 11.1 Å². The second kappa shape index (κ2) is 5.49. The van der Waals surface area contributed by atoms with Crippen LogP contribution < -0.4 is 10.4 Å². The maximum atomic E-state index is 2.45. The maximum absolute atomic E-state index is 2.45. The molecule has 0 saturated carbocycles. The Bertz CT molecular complexity index is 1030. The Hall–Kier alpha value is -2.60. The van der Waals surface area contributed by atoms with Crippen LogP contribution in [0.4, 0.5) is 0 Å². The van der Waals surface area contributed by atoms with Gasteiger partial charge in [-0.2, -0.15) is 0 Å². The summed E-state index contributed by atoms with van der Waals surface area (Å²) in [6.45, 7) is 0. The number of rotatable bonds is 1. The Kier molecular flexibility index (Phi) is 3.16. The van der Waals surface area contributed by atoms with E-state index in [-0.39, 0.29) is 0 Å². The van der Waals surface area contributed by atoms with E-state index in [2.05, 4.69) is 78.9 Å². The van der Waals surface area contributed by atoms with E-state index in [1.807, 2.05) is 0 Å². The first-order valence-corrected chi connectivity index (χ1v) is 8.88. The first-order valence-electron chi connectivity index (χ1n) is 8.88. The lowest BCUT2D eigenvalue weighted by Crippen LogP contribution is -2.33. The van der Waals surface area contributed by atoms with E-state index < -0.39 is 0 Å². The fraction of sp³-hybridized carbons (Fsp3) is 0.167. The van der Waals surface area contributed by atoms with Gasteiger partial charge in [-0.05, 0) is 57.5 Å². The smallest absolute Gasteiger partial charge is 0.0136 e. The Balaban J connectivity index is 1.81. The summed E-state index contributed by atoms with van der Waals surface area (Å²) < 4.78 is 0. The highest BCUT2D eigenvalue weighted by molar-refractivity contribution is 5.76. The molecule has 0 radical (unpaired) electrons. The molecule has 0 heteroatoms. The summed E-state index contributed by atoms with van der Waals surface area (Å²) in [7, 11) is 0.